The normalized spacial score (nSPS) is 28.1. The summed E-state index contributed by atoms with van der Waals surface area (Å²) in [5.41, 5.74) is 0.807. The Balaban J connectivity index is 1.06. The molecule has 0 aromatic rings. The van der Waals surface area contributed by atoms with E-state index in [-0.39, 0.29) is 5.79 Å². The molecule has 0 N–H and O–H groups in total. The van der Waals surface area contributed by atoms with Crippen LogP contribution in [0.25, 0.3) is 0 Å². The van der Waals surface area contributed by atoms with Crippen molar-refractivity contribution in [2.45, 2.75) is 217 Å². The molecule has 1 aliphatic heterocycles. The van der Waals surface area contributed by atoms with E-state index >= 15 is 0 Å². The van der Waals surface area contributed by atoms with Crippen molar-refractivity contribution >= 4 is 0 Å². The molecular formula is C46H79NO2. The molecule has 0 amide bonds. The molecule has 1 saturated heterocycles. The van der Waals surface area contributed by atoms with E-state index in [1.807, 2.05) is 0 Å². The van der Waals surface area contributed by atoms with Crippen LogP contribution in [0.1, 0.15) is 194 Å². The van der Waals surface area contributed by atoms with Crippen LogP contribution in [-0.4, -0.2) is 42.5 Å². The molecule has 280 valence electrons. The van der Waals surface area contributed by atoms with E-state index in [2.05, 4.69) is 81.5 Å². The summed E-state index contributed by atoms with van der Waals surface area (Å²) in [4.78, 5) is 2.51. The molecule has 4 aliphatic rings. The molecule has 49 heavy (non-hydrogen) atoms. The standard InChI is InChI=1S/C46H79NO2/c1-5-7-9-11-13-15-17-19-21-23-25-27-29-31-33-35-37-45(48-42-41-39-44(43(42)49-45)40-46(41,44)47(3)4)38-36-34-32-30-28-26-24-22-20-18-16-14-12-10-8-6-2/h13-16,19-22,41-43H,5-12,17-18,23-40H2,1-4H3/b15-13-,16-14-,21-19-,22-20-/t41?,42-,43-,44?,46?/m1/s1. The average molecular weight is 678 g/mol. The van der Waals surface area contributed by atoms with Crippen molar-refractivity contribution in [1.82, 2.24) is 4.90 Å². The fourth-order valence-corrected chi connectivity index (χ4v) is 9.88. The first kappa shape index (κ1) is 40.6. The van der Waals surface area contributed by atoms with E-state index in [0.717, 1.165) is 25.7 Å². The molecule has 5 atom stereocenters. The molecule has 0 spiro atoms. The number of nitrogens with zero attached hydrogens (tertiary/aromatic N) is 1. The Morgan fingerprint density at radius 3 is 1.39 bits per heavy atom. The zero-order valence-electron chi connectivity index (χ0n) is 32.9. The number of ether oxygens (including phenoxy) is 2. The van der Waals surface area contributed by atoms with Crippen LogP contribution >= 0.6 is 0 Å². The number of fused-ring (bicyclic) bond motifs is 2. The maximum atomic E-state index is 7.12. The smallest absolute Gasteiger partial charge is 0.169 e. The molecule has 0 aromatic carbocycles. The van der Waals surface area contributed by atoms with Crippen molar-refractivity contribution in [2.24, 2.45) is 11.3 Å². The van der Waals surface area contributed by atoms with E-state index in [1.54, 1.807) is 0 Å². The van der Waals surface area contributed by atoms with Crippen molar-refractivity contribution in [2.75, 3.05) is 14.1 Å². The van der Waals surface area contributed by atoms with Crippen LogP contribution in [-0.2, 0) is 9.47 Å². The first-order valence-corrected chi connectivity index (χ1v) is 21.7. The Morgan fingerprint density at radius 1 is 0.531 bits per heavy atom. The minimum atomic E-state index is -0.299. The highest BCUT2D eigenvalue weighted by Crippen LogP contribution is 2.86. The second kappa shape index (κ2) is 22.0. The van der Waals surface area contributed by atoms with Gasteiger partial charge < -0.3 is 14.4 Å². The molecule has 3 nitrogen and oxygen atoms in total. The maximum Gasteiger partial charge on any atom is 0.169 e. The highest BCUT2D eigenvalue weighted by Gasteiger charge is 2.92. The summed E-state index contributed by atoms with van der Waals surface area (Å²) < 4.78 is 14.2. The average Bonchev–Trinajstić information content (AvgIpc) is 3.30. The van der Waals surface area contributed by atoms with E-state index in [4.69, 9.17) is 9.47 Å². The van der Waals surface area contributed by atoms with Crippen molar-refractivity contribution in [3.05, 3.63) is 48.6 Å². The second-order valence-corrected chi connectivity index (χ2v) is 16.7. The van der Waals surface area contributed by atoms with Gasteiger partial charge in [0, 0.05) is 29.7 Å². The van der Waals surface area contributed by atoms with Gasteiger partial charge in [0.15, 0.2) is 5.79 Å². The van der Waals surface area contributed by atoms with E-state index in [9.17, 15) is 0 Å². The molecule has 1 heterocycles. The molecule has 0 radical (unpaired) electrons. The number of hydrogen-bond acceptors (Lipinski definition) is 3. The first-order chi connectivity index (χ1) is 24.1. The molecular weight excluding hydrogens is 599 g/mol. The summed E-state index contributed by atoms with van der Waals surface area (Å²) in [5.74, 6) is 0.396. The van der Waals surface area contributed by atoms with E-state index in [1.165, 1.54) is 154 Å². The lowest BCUT2D eigenvalue weighted by Gasteiger charge is -2.44. The van der Waals surface area contributed by atoms with Gasteiger partial charge in [-0.1, -0.05) is 140 Å². The molecule has 3 heteroatoms. The predicted octanol–water partition coefficient (Wildman–Crippen LogP) is 13.6. The van der Waals surface area contributed by atoms with Crippen LogP contribution in [0.3, 0.4) is 0 Å². The van der Waals surface area contributed by atoms with Gasteiger partial charge in [-0.2, -0.15) is 0 Å². The third-order valence-corrected chi connectivity index (χ3v) is 12.8. The SMILES string of the molecule is CCCCC/C=C\C/C=C\CCCCCCCCC1(CCCCCCCC/C=C\C/C=C\CCCCC)O[C@@H]2C3CC4(CC34N(C)C)[C@@H]2O1. The zero-order valence-corrected chi connectivity index (χ0v) is 32.9. The van der Waals surface area contributed by atoms with Crippen LogP contribution in [0.5, 0.6) is 0 Å². The lowest BCUT2D eigenvalue weighted by Crippen LogP contribution is -2.51. The monoisotopic (exact) mass is 678 g/mol. The molecule has 4 fully saturated rings. The summed E-state index contributed by atoms with van der Waals surface area (Å²) in [6, 6.07) is 0. The van der Waals surface area contributed by atoms with Gasteiger partial charge in [-0.3, -0.25) is 0 Å². The fourth-order valence-electron chi connectivity index (χ4n) is 9.88. The van der Waals surface area contributed by atoms with Gasteiger partial charge in [0.25, 0.3) is 0 Å². The number of rotatable bonds is 31. The van der Waals surface area contributed by atoms with Gasteiger partial charge in [0.05, 0.1) is 12.2 Å². The molecule has 3 saturated carbocycles. The quantitative estimate of drug-likeness (QED) is 0.0538. The number of hydrogen-bond donors (Lipinski definition) is 0. The Hall–Kier alpha value is -1.16. The predicted molar refractivity (Wildman–Crippen MR) is 212 cm³/mol. The summed E-state index contributed by atoms with van der Waals surface area (Å²) in [6.07, 6.45) is 55.7. The van der Waals surface area contributed by atoms with Crippen LogP contribution in [0.4, 0.5) is 0 Å². The topological polar surface area (TPSA) is 21.7 Å². The van der Waals surface area contributed by atoms with Gasteiger partial charge in [0.1, 0.15) is 0 Å². The third-order valence-electron chi connectivity index (χ3n) is 12.8. The minimum Gasteiger partial charge on any atom is -0.344 e. The van der Waals surface area contributed by atoms with E-state index < -0.39 is 0 Å². The minimum absolute atomic E-state index is 0.299. The van der Waals surface area contributed by atoms with Gasteiger partial charge in [-0.15, -0.1) is 0 Å². The third kappa shape index (κ3) is 11.4. The fraction of sp³-hybridized carbons (Fsp3) is 0.826. The Morgan fingerprint density at radius 2 is 0.959 bits per heavy atom. The summed E-state index contributed by atoms with van der Waals surface area (Å²) >= 11 is 0. The number of allylic oxidation sites excluding steroid dienone is 8. The lowest BCUT2D eigenvalue weighted by molar-refractivity contribution is -0.216. The Kier molecular flexibility index (Phi) is 18.3. The summed E-state index contributed by atoms with van der Waals surface area (Å²) in [6.45, 7) is 4.55. The van der Waals surface area contributed by atoms with Gasteiger partial charge >= 0.3 is 0 Å². The van der Waals surface area contributed by atoms with Crippen molar-refractivity contribution in [3.63, 3.8) is 0 Å². The van der Waals surface area contributed by atoms with Gasteiger partial charge in [0.2, 0.25) is 0 Å². The van der Waals surface area contributed by atoms with Crippen molar-refractivity contribution < 1.29 is 9.47 Å². The van der Waals surface area contributed by atoms with Gasteiger partial charge in [-0.25, -0.2) is 0 Å². The summed E-state index contributed by atoms with van der Waals surface area (Å²) in [7, 11) is 4.58. The molecule has 3 aliphatic carbocycles. The maximum absolute atomic E-state index is 7.12. The van der Waals surface area contributed by atoms with Crippen LogP contribution in [0, 0.1) is 11.3 Å². The zero-order chi connectivity index (χ0) is 34.7. The second-order valence-electron chi connectivity index (χ2n) is 16.7. The van der Waals surface area contributed by atoms with Crippen molar-refractivity contribution in [1.29, 1.82) is 0 Å². The lowest BCUT2D eigenvalue weighted by atomic mass is 9.76. The van der Waals surface area contributed by atoms with E-state index in [0.29, 0.717) is 29.1 Å². The Bertz CT molecular complexity index is 963. The molecule has 4 rings (SSSR count). The molecule has 2 bridgehead atoms. The van der Waals surface area contributed by atoms with Crippen LogP contribution < -0.4 is 0 Å². The number of unbranched alkanes of at least 4 members (excludes halogenated alkanes) is 18. The van der Waals surface area contributed by atoms with Gasteiger partial charge in [-0.05, 0) is 104 Å². The summed E-state index contributed by atoms with van der Waals surface area (Å²) in [5, 5.41) is 0. The molecule has 3 unspecified atom stereocenters. The highest BCUT2D eigenvalue weighted by atomic mass is 16.8. The Labute approximate surface area is 304 Å². The largest absolute Gasteiger partial charge is 0.344 e. The van der Waals surface area contributed by atoms with Crippen LogP contribution in [0.2, 0.25) is 0 Å². The molecule has 0 aromatic heterocycles. The highest BCUT2D eigenvalue weighted by molar-refractivity contribution is 5.44. The van der Waals surface area contributed by atoms with Crippen LogP contribution in [0.15, 0.2) is 48.6 Å². The first-order valence-electron chi connectivity index (χ1n) is 21.7. The van der Waals surface area contributed by atoms with Crippen molar-refractivity contribution in [3.8, 4) is 0 Å².